The van der Waals surface area contributed by atoms with E-state index >= 15 is 0 Å². The lowest BCUT2D eigenvalue weighted by molar-refractivity contribution is 0.627. The van der Waals surface area contributed by atoms with E-state index in [4.69, 9.17) is 11.5 Å². The molecule has 0 saturated heterocycles. The zero-order valence-corrected chi connectivity index (χ0v) is 11.7. The Morgan fingerprint density at radius 2 is 1.67 bits per heavy atom. The first-order valence-electron chi connectivity index (χ1n) is 6.75. The number of guanidine groups is 1. The fraction of sp³-hybridized carbons (Fsp3) is 0.188. The van der Waals surface area contributed by atoms with Crippen LogP contribution in [0.4, 0.5) is 10.1 Å². The third kappa shape index (κ3) is 4.80. The van der Waals surface area contributed by atoms with E-state index in [0.29, 0.717) is 19.6 Å². The molecule has 2 rings (SSSR count). The topological polar surface area (TPSA) is 67.6 Å². The molecular formula is C16H19FN4. The van der Waals surface area contributed by atoms with Gasteiger partial charge in [-0.25, -0.2) is 4.39 Å². The van der Waals surface area contributed by atoms with E-state index in [-0.39, 0.29) is 11.8 Å². The van der Waals surface area contributed by atoms with Gasteiger partial charge in [-0.2, -0.15) is 0 Å². The molecule has 4 N–H and O–H groups in total. The molecule has 5 heteroatoms. The van der Waals surface area contributed by atoms with Crippen molar-refractivity contribution in [1.82, 2.24) is 0 Å². The lowest BCUT2D eigenvalue weighted by Gasteiger charge is -2.24. The van der Waals surface area contributed by atoms with E-state index in [1.807, 2.05) is 18.2 Å². The molecule has 0 aliphatic heterocycles. The van der Waals surface area contributed by atoms with Crippen LogP contribution in [0.25, 0.3) is 0 Å². The third-order valence-electron chi connectivity index (χ3n) is 3.07. The standard InChI is InChI=1S/C16H19FN4/c17-14-6-8-15(9-7-14)21(11-10-20-16(18)19)12-13-4-2-1-3-5-13/h1-9H,10-12H2,(H4,18,19,20). The van der Waals surface area contributed by atoms with Crippen LogP contribution in [0.3, 0.4) is 0 Å². The molecule has 110 valence electrons. The number of nitrogens with zero attached hydrogens (tertiary/aromatic N) is 2. The summed E-state index contributed by atoms with van der Waals surface area (Å²) >= 11 is 0. The summed E-state index contributed by atoms with van der Waals surface area (Å²) in [6.45, 7) is 1.86. The Bertz CT molecular complexity index is 577. The van der Waals surface area contributed by atoms with Crippen LogP contribution < -0.4 is 16.4 Å². The van der Waals surface area contributed by atoms with Gasteiger partial charge in [0.1, 0.15) is 5.82 Å². The van der Waals surface area contributed by atoms with Crippen molar-refractivity contribution in [2.45, 2.75) is 6.54 Å². The molecule has 21 heavy (non-hydrogen) atoms. The maximum Gasteiger partial charge on any atom is 0.185 e. The second-order valence-electron chi connectivity index (χ2n) is 4.69. The molecule has 4 nitrogen and oxygen atoms in total. The summed E-state index contributed by atoms with van der Waals surface area (Å²) in [5.41, 5.74) is 12.8. The van der Waals surface area contributed by atoms with Gasteiger partial charge in [0, 0.05) is 18.8 Å². The molecule has 0 fully saturated rings. The van der Waals surface area contributed by atoms with Crippen molar-refractivity contribution in [3.8, 4) is 0 Å². The number of nitrogens with two attached hydrogens (primary N) is 2. The van der Waals surface area contributed by atoms with Crippen LogP contribution in [0, 0.1) is 5.82 Å². The summed E-state index contributed by atoms with van der Waals surface area (Å²) in [5, 5.41) is 0. The molecule has 0 unspecified atom stereocenters. The van der Waals surface area contributed by atoms with Gasteiger partial charge in [-0.3, -0.25) is 4.99 Å². The zero-order valence-electron chi connectivity index (χ0n) is 11.7. The lowest BCUT2D eigenvalue weighted by Crippen LogP contribution is -2.28. The van der Waals surface area contributed by atoms with Crippen LogP contribution in [-0.2, 0) is 6.54 Å². The van der Waals surface area contributed by atoms with E-state index in [1.54, 1.807) is 12.1 Å². The van der Waals surface area contributed by atoms with Crippen molar-refractivity contribution in [1.29, 1.82) is 0 Å². The molecule has 0 atom stereocenters. The number of hydrogen-bond donors (Lipinski definition) is 2. The van der Waals surface area contributed by atoms with E-state index in [0.717, 1.165) is 5.69 Å². The summed E-state index contributed by atoms with van der Waals surface area (Å²) in [5.74, 6) is -0.170. The monoisotopic (exact) mass is 286 g/mol. The first-order valence-corrected chi connectivity index (χ1v) is 6.75. The lowest BCUT2D eigenvalue weighted by atomic mass is 10.2. The van der Waals surface area contributed by atoms with Gasteiger partial charge in [0.25, 0.3) is 0 Å². The Labute approximate surface area is 123 Å². The summed E-state index contributed by atoms with van der Waals surface area (Å²) in [6, 6.07) is 16.5. The Hall–Kier alpha value is -2.56. The normalized spacial score (nSPS) is 10.1. The Balaban J connectivity index is 2.13. The number of rotatable bonds is 6. The SMILES string of the molecule is NC(N)=NCCN(Cc1ccccc1)c1ccc(F)cc1. The van der Waals surface area contributed by atoms with Crippen LogP contribution in [-0.4, -0.2) is 19.0 Å². The van der Waals surface area contributed by atoms with Crippen molar-refractivity contribution in [3.05, 3.63) is 66.0 Å². The molecule has 0 heterocycles. The van der Waals surface area contributed by atoms with Gasteiger partial charge in [0.05, 0.1) is 6.54 Å². The van der Waals surface area contributed by atoms with E-state index < -0.39 is 0 Å². The van der Waals surface area contributed by atoms with Crippen LogP contribution in [0.1, 0.15) is 5.56 Å². The summed E-state index contributed by atoms with van der Waals surface area (Å²) < 4.78 is 13.1. The van der Waals surface area contributed by atoms with Crippen molar-refractivity contribution < 1.29 is 4.39 Å². The number of hydrogen-bond acceptors (Lipinski definition) is 2. The number of aliphatic imine (C=N–C) groups is 1. The molecule has 0 radical (unpaired) electrons. The Kier molecular flexibility index (Phi) is 5.15. The molecule has 0 aliphatic rings. The van der Waals surface area contributed by atoms with Crippen LogP contribution in [0.15, 0.2) is 59.6 Å². The fourth-order valence-electron chi connectivity index (χ4n) is 2.05. The third-order valence-corrected chi connectivity index (χ3v) is 3.07. The highest BCUT2D eigenvalue weighted by molar-refractivity contribution is 5.75. The fourth-order valence-corrected chi connectivity index (χ4v) is 2.05. The molecule has 0 aliphatic carbocycles. The quantitative estimate of drug-likeness (QED) is 0.631. The van der Waals surface area contributed by atoms with Crippen molar-refractivity contribution in [2.24, 2.45) is 16.5 Å². The molecule has 2 aromatic carbocycles. The average Bonchev–Trinajstić information content (AvgIpc) is 2.48. The summed E-state index contributed by atoms with van der Waals surface area (Å²) in [4.78, 5) is 6.12. The second kappa shape index (κ2) is 7.28. The largest absolute Gasteiger partial charge is 0.370 e. The highest BCUT2D eigenvalue weighted by Gasteiger charge is 2.07. The van der Waals surface area contributed by atoms with Gasteiger partial charge in [-0.05, 0) is 29.8 Å². The van der Waals surface area contributed by atoms with E-state index in [2.05, 4.69) is 22.0 Å². The molecule has 2 aromatic rings. The van der Waals surface area contributed by atoms with Gasteiger partial charge in [0.15, 0.2) is 5.96 Å². The molecule has 0 saturated carbocycles. The maximum absolute atomic E-state index is 13.1. The highest BCUT2D eigenvalue weighted by Crippen LogP contribution is 2.17. The predicted molar refractivity (Wildman–Crippen MR) is 84.6 cm³/mol. The summed E-state index contributed by atoms with van der Waals surface area (Å²) in [7, 11) is 0. The molecule has 0 spiro atoms. The minimum absolute atomic E-state index is 0.0776. The van der Waals surface area contributed by atoms with Gasteiger partial charge in [-0.1, -0.05) is 30.3 Å². The Morgan fingerprint density at radius 3 is 2.29 bits per heavy atom. The van der Waals surface area contributed by atoms with Crippen LogP contribution >= 0.6 is 0 Å². The van der Waals surface area contributed by atoms with Gasteiger partial charge in [-0.15, -0.1) is 0 Å². The molecule has 0 amide bonds. The second-order valence-corrected chi connectivity index (χ2v) is 4.69. The van der Waals surface area contributed by atoms with Crippen molar-refractivity contribution >= 4 is 11.6 Å². The van der Waals surface area contributed by atoms with Crippen LogP contribution in [0.5, 0.6) is 0 Å². The molecular weight excluding hydrogens is 267 g/mol. The molecule has 0 aromatic heterocycles. The first-order chi connectivity index (χ1) is 10.1. The maximum atomic E-state index is 13.1. The zero-order chi connectivity index (χ0) is 15.1. The Morgan fingerprint density at radius 1 is 1.00 bits per heavy atom. The number of anilines is 1. The van der Waals surface area contributed by atoms with Gasteiger partial charge >= 0.3 is 0 Å². The van der Waals surface area contributed by atoms with E-state index in [9.17, 15) is 4.39 Å². The summed E-state index contributed by atoms with van der Waals surface area (Å²) in [6.07, 6.45) is 0. The smallest absolute Gasteiger partial charge is 0.185 e. The molecule has 0 bridgehead atoms. The van der Waals surface area contributed by atoms with Gasteiger partial charge in [0.2, 0.25) is 0 Å². The predicted octanol–water partition coefficient (Wildman–Crippen LogP) is 2.11. The first kappa shape index (κ1) is 14.8. The van der Waals surface area contributed by atoms with E-state index in [1.165, 1.54) is 17.7 Å². The van der Waals surface area contributed by atoms with Crippen molar-refractivity contribution in [2.75, 3.05) is 18.0 Å². The minimum atomic E-state index is -0.248. The number of benzene rings is 2. The van der Waals surface area contributed by atoms with Gasteiger partial charge < -0.3 is 16.4 Å². The highest BCUT2D eigenvalue weighted by atomic mass is 19.1. The van der Waals surface area contributed by atoms with Crippen LogP contribution in [0.2, 0.25) is 0 Å². The average molecular weight is 286 g/mol. The van der Waals surface area contributed by atoms with Crippen molar-refractivity contribution in [3.63, 3.8) is 0 Å². The number of halogens is 1. The minimum Gasteiger partial charge on any atom is -0.370 e.